The summed E-state index contributed by atoms with van der Waals surface area (Å²) in [4.78, 5) is 11.5. The number of rotatable bonds is 2. The van der Waals surface area contributed by atoms with Crippen LogP contribution in [-0.2, 0) is 4.79 Å². The van der Waals surface area contributed by atoms with Crippen LogP contribution in [0.5, 0.6) is 0 Å². The average Bonchev–Trinajstić information content (AvgIpc) is 2.47. The molecule has 0 radical (unpaired) electrons. The van der Waals surface area contributed by atoms with Gasteiger partial charge in [-0.15, -0.1) is 0 Å². The van der Waals surface area contributed by atoms with Crippen LogP contribution in [0, 0.1) is 11.3 Å². The second-order valence-corrected chi connectivity index (χ2v) is 3.60. The summed E-state index contributed by atoms with van der Waals surface area (Å²) in [6, 6.07) is 1.96. The molecular weight excluding hydrogens is 182 g/mol. The third-order valence-corrected chi connectivity index (χ3v) is 2.26. The van der Waals surface area contributed by atoms with Crippen molar-refractivity contribution >= 4 is 5.91 Å². The van der Waals surface area contributed by atoms with Gasteiger partial charge in [-0.1, -0.05) is 0 Å². The van der Waals surface area contributed by atoms with Gasteiger partial charge in [0.15, 0.2) is 0 Å². The Morgan fingerprint density at radius 1 is 1.71 bits per heavy atom. The third-order valence-electron chi connectivity index (χ3n) is 2.26. The van der Waals surface area contributed by atoms with E-state index in [0.29, 0.717) is 13.0 Å². The average molecular weight is 197 g/mol. The number of aliphatic hydroxyl groups excluding tert-OH is 1. The predicted octanol–water partition coefficient (Wildman–Crippen LogP) is 0.0762. The summed E-state index contributed by atoms with van der Waals surface area (Å²) < 4.78 is 0. The molecule has 1 saturated heterocycles. The molecule has 5 nitrogen and oxygen atoms in total. The fraction of sp³-hybridized carbons (Fsp3) is 0.778. The van der Waals surface area contributed by atoms with E-state index in [4.69, 9.17) is 5.26 Å². The van der Waals surface area contributed by atoms with E-state index in [1.54, 1.807) is 11.1 Å². The van der Waals surface area contributed by atoms with Gasteiger partial charge in [0.05, 0.1) is 6.07 Å². The minimum Gasteiger partial charge on any atom is -0.372 e. The second-order valence-electron chi connectivity index (χ2n) is 3.60. The van der Waals surface area contributed by atoms with E-state index in [9.17, 15) is 9.90 Å². The first-order valence-electron chi connectivity index (χ1n) is 4.71. The van der Waals surface area contributed by atoms with Gasteiger partial charge in [-0.05, 0) is 13.8 Å². The van der Waals surface area contributed by atoms with E-state index >= 15 is 0 Å². The summed E-state index contributed by atoms with van der Waals surface area (Å²) >= 11 is 0. The first-order chi connectivity index (χ1) is 6.57. The minimum atomic E-state index is -0.766. The molecule has 1 fully saturated rings. The third kappa shape index (κ3) is 2.03. The highest BCUT2D eigenvalue weighted by molar-refractivity contribution is 5.78. The Morgan fingerprint density at radius 2 is 2.36 bits per heavy atom. The van der Waals surface area contributed by atoms with Crippen LogP contribution in [0.2, 0.25) is 0 Å². The van der Waals surface area contributed by atoms with Crippen molar-refractivity contribution < 1.29 is 9.90 Å². The fourth-order valence-corrected chi connectivity index (χ4v) is 1.61. The largest absolute Gasteiger partial charge is 0.372 e. The van der Waals surface area contributed by atoms with Gasteiger partial charge < -0.3 is 5.11 Å². The van der Waals surface area contributed by atoms with Crippen molar-refractivity contribution in [2.24, 2.45) is 0 Å². The SMILES string of the molecule is CC(C)N1CC[C@H](O)N1C(=O)CC#N. The molecule has 0 unspecified atom stereocenters. The zero-order chi connectivity index (χ0) is 10.7. The summed E-state index contributed by atoms with van der Waals surface area (Å²) in [5.41, 5.74) is 0. The molecule has 0 aromatic rings. The van der Waals surface area contributed by atoms with Gasteiger partial charge in [0, 0.05) is 19.0 Å². The smallest absolute Gasteiger partial charge is 0.253 e. The molecule has 1 N–H and O–H groups in total. The van der Waals surface area contributed by atoms with Gasteiger partial charge in [0.2, 0.25) is 0 Å². The topological polar surface area (TPSA) is 67.6 Å². The zero-order valence-corrected chi connectivity index (χ0v) is 8.47. The Balaban J connectivity index is 2.72. The molecule has 1 aliphatic heterocycles. The monoisotopic (exact) mass is 197 g/mol. The molecule has 1 rings (SSSR count). The van der Waals surface area contributed by atoms with Crippen LogP contribution in [-0.4, -0.2) is 39.8 Å². The lowest BCUT2D eigenvalue weighted by molar-refractivity contribution is -0.162. The second kappa shape index (κ2) is 4.40. The highest BCUT2D eigenvalue weighted by atomic mass is 16.3. The van der Waals surface area contributed by atoms with Crippen molar-refractivity contribution in [3.8, 4) is 6.07 Å². The first-order valence-corrected chi connectivity index (χ1v) is 4.71. The molecule has 1 heterocycles. The van der Waals surface area contributed by atoms with Gasteiger partial charge in [-0.2, -0.15) is 5.26 Å². The number of nitrogens with zero attached hydrogens (tertiary/aromatic N) is 3. The fourth-order valence-electron chi connectivity index (χ4n) is 1.61. The number of hydrogen-bond donors (Lipinski definition) is 1. The van der Waals surface area contributed by atoms with Crippen molar-refractivity contribution in [1.29, 1.82) is 5.26 Å². The molecular formula is C9H15N3O2. The Hall–Kier alpha value is -1.12. The molecule has 1 atom stereocenters. The van der Waals surface area contributed by atoms with Crippen LogP contribution in [0.4, 0.5) is 0 Å². The van der Waals surface area contributed by atoms with Gasteiger partial charge in [-0.3, -0.25) is 4.79 Å². The van der Waals surface area contributed by atoms with Crippen LogP contribution in [0.1, 0.15) is 26.7 Å². The molecule has 0 aliphatic carbocycles. The lowest BCUT2D eigenvalue weighted by Gasteiger charge is -2.32. The number of carbonyl (C=O) groups excluding carboxylic acids is 1. The van der Waals surface area contributed by atoms with E-state index in [2.05, 4.69) is 0 Å². The minimum absolute atomic E-state index is 0.162. The Bertz CT molecular complexity index is 259. The normalized spacial score (nSPS) is 22.8. The molecule has 5 heteroatoms. The lowest BCUT2D eigenvalue weighted by atomic mass is 10.3. The van der Waals surface area contributed by atoms with Crippen molar-refractivity contribution in [2.75, 3.05) is 6.54 Å². The number of aliphatic hydroxyl groups is 1. The molecule has 0 aromatic carbocycles. The molecule has 78 valence electrons. The van der Waals surface area contributed by atoms with E-state index in [1.165, 1.54) is 5.01 Å². The van der Waals surface area contributed by atoms with E-state index in [1.807, 2.05) is 13.8 Å². The molecule has 0 aromatic heterocycles. The van der Waals surface area contributed by atoms with E-state index < -0.39 is 6.23 Å². The summed E-state index contributed by atoms with van der Waals surface area (Å²) in [7, 11) is 0. The van der Waals surface area contributed by atoms with Gasteiger partial charge >= 0.3 is 0 Å². The van der Waals surface area contributed by atoms with Crippen molar-refractivity contribution in [3.05, 3.63) is 0 Å². The number of carbonyl (C=O) groups is 1. The molecule has 0 bridgehead atoms. The van der Waals surface area contributed by atoms with Crippen LogP contribution in [0.15, 0.2) is 0 Å². The molecule has 0 saturated carbocycles. The van der Waals surface area contributed by atoms with Crippen molar-refractivity contribution in [1.82, 2.24) is 10.0 Å². The molecule has 1 amide bonds. The highest BCUT2D eigenvalue weighted by Crippen LogP contribution is 2.19. The summed E-state index contributed by atoms with van der Waals surface area (Å²) in [5.74, 6) is -0.328. The maximum atomic E-state index is 11.5. The first kappa shape index (κ1) is 11.0. The molecule has 14 heavy (non-hydrogen) atoms. The molecule has 0 spiro atoms. The van der Waals surface area contributed by atoms with E-state index in [0.717, 1.165) is 0 Å². The Labute approximate surface area is 83.5 Å². The molecule has 1 aliphatic rings. The quantitative estimate of drug-likeness (QED) is 0.680. The van der Waals surface area contributed by atoms with Crippen LogP contribution < -0.4 is 0 Å². The van der Waals surface area contributed by atoms with Crippen molar-refractivity contribution in [3.63, 3.8) is 0 Å². The lowest BCUT2D eigenvalue weighted by Crippen LogP contribution is -2.48. The zero-order valence-electron chi connectivity index (χ0n) is 8.47. The maximum Gasteiger partial charge on any atom is 0.253 e. The van der Waals surface area contributed by atoms with Gasteiger partial charge in [0.1, 0.15) is 12.6 Å². The Morgan fingerprint density at radius 3 is 2.86 bits per heavy atom. The number of hydrogen-bond acceptors (Lipinski definition) is 4. The standard InChI is InChI=1S/C9H15N3O2/c1-7(2)11-6-4-9(14)12(11)8(13)3-5-10/h7,9,14H,3-4,6H2,1-2H3/t9-/m0/s1. The predicted molar refractivity (Wildman–Crippen MR) is 49.5 cm³/mol. The van der Waals surface area contributed by atoms with Crippen LogP contribution in [0.25, 0.3) is 0 Å². The number of hydrazine groups is 1. The summed E-state index contributed by atoms with van der Waals surface area (Å²) in [6.07, 6.45) is -0.395. The van der Waals surface area contributed by atoms with E-state index in [-0.39, 0.29) is 18.4 Å². The highest BCUT2D eigenvalue weighted by Gasteiger charge is 2.35. The summed E-state index contributed by atoms with van der Waals surface area (Å²) in [6.45, 7) is 4.56. The summed E-state index contributed by atoms with van der Waals surface area (Å²) in [5, 5.41) is 21.1. The van der Waals surface area contributed by atoms with Crippen LogP contribution in [0.3, 0.4) is 0 Å². The van der Waals surface area contributed by atoms with Crippen molar-refractivity contribution in [2.45, 2.75) is 39.0 Å². The van der Waals surface area contributed by atoms with Gasteiger partial charge in [0.25, 0.3) is 5.91 Å². The number of amides is 1. The van der Waals surface area contributed by atoms with Crippen LogP contribution >= 0.6 is 0 Å². The Kier molecular flexibility index (Phi) is 3.44. The van der Waals surface area contributed by atoms with Gasteiger partial charge in [-0.25, -0.2) is 10.0 Å². The maximum absolute atomic E-state index is 11.5. The number of nitriles is 1.